The second kappa shape index (κ2) is 5.83. The summed E-state index contributed by atoms with van der Waals surface area (Å²) in [5.41, 5.74) is 2.60. The van der Waals surface area contributed by atoms with Crippen LogP contribution in [0.15, 0.2) is 24.3 Å². The Morgan fingerprint density at radius 1 is 1.16 bits per heavy atom. The summed E-state index contributed by atoms with van der Waals surface area (Å²) in [4.78, 5) is 2.47. The number of benzene rings is 1. The molecule has 0 aliphatic carbocycles. The molecule has 2 aliphatic rings. The largest absolute Gasteiger partial charge is 0.382 e. The molecule has 0 amide bonds. The lowest BCUT2D eigenvalue weighted by Crippen LogP contribution is -2.32. The van der Waals surface area contributed by atoms with E-state index >= 15 is 0 Å². The van der Waals surface area contributed by atoms with Gasteiger partial charge in [0, 0.05) is 37.1 Å². The molecule has 2 heterocycles. The second-order valence-electron chi connectivity index (χ2n) is 5.79. The van der Waals surface area contributed by atoms with Gasteiger partial charge in [-0.25, -0.2) is 0 Å². The molecule has 19 heavy (non-hydrogen) atoms. The highest BCUT2D eigenvalue weighted by Crippen LogP contribution is 2.24. The van der Waals surface area contributed by atoms with Gasteiger partial charge in [-0.3, -0.25) is 0 Å². The van der Waals surface area contributed by atoms with Crippen LogP contribution in [0.5, 0.6) is 0 Å². The van der Waals surface area contributed by atoms with Gasteiger partial charge in [-0.1, -0.05) is 0 Å². The fourth-order valence-electron chi connectivity index (χ4n) is 3.11. The standard InChI is InChI=1S/C16H24N2O/c1-13-12-15(8-11-19-13)17-14-4-6-16(7-5-14)18-9-2-3-10-18/h4-7,13,15,17H,2-3,8-12H2,1H3. The smallest absolute Gasteiger partial charge is 0.0566 e. The van der Waals surface area contributed by atoms with E-state index in [-0.39, 0.29) is 0 Å². The first-order chi connectivity index (χ1) is 9.31. The van der Waals surface area contributed by atoms with Crippen LogP contribution in [0, 0.1) is 0 Å². The predicted molar refractivity (Wildman–Crippen MR) is 79.9 cm³/mol. The molecule has 0 bridgehead atoms. The van der Waals surface area contributed by atoms with E-state index in [2.05, 4.69) is 41.4 Å². The number of anilines is 2. The highest BCUT2D eigenvalue weighted by molar-refractivity contribution is 5.55. The van der Waals surface area contributed by atoms with Gasteiger partial charge in [0.05, 0.1) is 6.10 Å². The molecule has 0 saturated carbocycles. The van der Waals surface area contributed by atoms with E-state index in [0.29, 0.717) is 12.1 Å². The van der Waals surface area contributed by atoms with Crippen molar-refractivity contribution in [2.75, 3.05) is 29.9 Å². The van der Waals surface area contributed by atoms with Crippen molar-refractivity contribution in [1.29, 1.82) is 0 Å². The summed E-state index contributed by atoms with van der Waals surface area (Å²) >= 11 is 0. The molecule has 2 atom stereocenters. The molecule has 0 aromatic heterocycles. The summed E-state index contributed by atoms with van der Waals surface area (Å²) in [5, 5.41) is 3.63. The predicted octanol–water partition coefficient (Wildman–Crippen LogP) is 3.27. The maximum absolute atomic E-state index is 5.59. The van der Waals surface area contributed by atoms with E-state index in [1.807, 2.05) is 0 Å². The van der Waals surface area contributed by atoms with Gasteiger partial charge in [-0.05, 0) is 56.9 Å². The van der Waals surface area contributed by atoms with Gasteiger partial charge in [0.2, 0.25) is 0 Å². The molecular formula is C16H24N2O. The van der Waals surface area contributed by atoms with Crippen LogP contribution in [0.2, 0.25) is 0 Å². The van der Waals surface area contributed by atoms with Gasteiger partial charge in [0.1, 0.15) is 0 Å². The third-order valence-corrected chi connectivity index (χ3v) is 4.19. The average Bonchev–Trinajstić information content (AvgIpc) is 2.94. The quantitative estimate of drug-likeness (QED) is 0.902. The number of hydrogen-bond acceptors (Lipinski definition) is 3. The van der Waals surface area contributed by atoms with Crippen LogP contribution in [0.4, 0.5) is 11.4 Å². The first-order valence-electron chi connectivity index (χ1n) is 7.54. The number of rotatable bonds is 3. The highest BCUT2D eigenvalue weighted by atomic mass is 16.5. The molecule has 2 unspecified atom stereocenters. The van der Waals surface area contributed by atoms with Crippen LogP contribution in [0.1, 0.15) is 32.6 Å². The maximum atomic E-state index is 5.59. The summed E-state index contributed by atoms with van der Waals surface area (Å²) in [7, 11) is 0. The molecule has 3 nitrogen and oxygen atoms in total. The fourth-order valence-corrected chi connectivity index (χ4v) is 3.11. The van der Waals surface area contributed by atoms with Crippen LogP contribution in [0.3, 0.4) is 0 Å². The summed E-state index contributed by atoms with van der Waals surface area (Å²) < 4.78 is 5.59. The lowest BCUT2D eigenvalue weighted by molar-refractivity contribution is 0.0232. The SMILES string of the molecule is CC1CC(Nc2ccc(N3CCCC3)cc2)CCO1. The Kier molecular flexibility index (Phi) is 3.92. The van der Waals surface area contributed by atoms with Gasteiger partial charge in [-0.15, -0.1) is 0 Å². The Labute approximate surface area is 115 Å². The zero-order valence-electron chi connectivity index (χ0n) is 11.8. The van der Waals surface area contributed by atoms with Crippen molar-refractivity contribution in [3.63, 3.8) is 0 Å². The summed E-state index contributed by atoms with van der Waals surface area (Å²) in [5.74, 6) is 0. The van der Waals surface area contributed by atoms with Crippen LogP contribution in [-0.4, -0.2) is 31.8 Å². The van der Waals surface area contributed by atoms with Crippen molar-refractivity contribution in [3.05, 3.63) is 24.3 Å². The van der Waals surface area contributed by atoms with Gasteiger partial charge in [0.25, 0.3) is 0 Å². The molecule has 3 heteroatoms. The zero-order valence-corrected chi connectivity index (χ0v) is 11.8. The Bertz CT molecular complexity index is 398. The van der Waals surface area contributed by atoms with E-state index in [4.69, 9.17) is 4.74 Å². The van der Waals surface area contributed by atoms with Gasteiger partial charge >= 0.3 is 0 Å². The molecule has 1 N–H and O–H groups in total. The van der Waals surface area contributed by atoms with Gasteiger partial charge < -0.3 is 15.0 Å². The highest BCUT2D eigenvalue weighted by Gasteiger charge is 2.19. The third kappa shape index (κ3) is 3.21. The Morgan fingerprint density at radius 3 is 2.58 bits per heavy atom. The molecule has 1 aromatic rings. The van der Waals surface area contributed by atoms with Crippen molar-refractivity contribution in [1.82, 2.24) is 0 Å². The van der Waals surface area contributed by atoms with Crippen LogP contribution in [-0.2, 0) is 4.74 Å². The molecule has 1 aromatic carbocycles. The maximum Gasteiger partial charge on any atom is 0.0566 e. The molecule has 2 aliphatic heterocycles. The van der Waals surface area contributed by atoms with Crippen LogP contribution < -0.4 is 10.2 Å². The van der Waals surface area contributed by atoms with Crippen molar-refractivity contribution in [2.45, 2.75) is 44.8 Å². The van der Waals surface area contributed by atoms with Crippen molar-refractivity contribution < 1.29 is 4.74 Å². The molecule has 0 spiro atoms. The van der Waals surface area contributed by atoms with E-state index in [1.54, 1.807) is 0 Å². The summed E-state index contributed by atoms with van der Waals surface area (Å²) in [6.45, 7) is 5.46. The third-order valence-electron chi connectivity index (χ3n) is 4.19. The van der Waals surface area contributed by atoms with Crippen molar-refractivity contribution >= 4 is 11.4 Å². The minimum absolute atomic E-state index is 0.384. The Balaban J connectivity index is 1.59. The van der Waals surface area contributed by atoms with E-state index in [9.17, 15) is 0 Å². The van der Waals surface area contributed by atoms with E-state index in [1.165, 1.54) is 37.3 Å². The van der Waals surface area contributed by atoms with Crippen LogP contribution in [0.25, 0.3) is 0 Å². The van der Waals surface area contributed by atoms with Crippen molar-refractivity contribution in [3.8, 4) is 0 Å². The zero-order chi connectivity index (χ0) is 13.1. The van der Waals surface area contributed by atoms with Gasteiger partial charge in [-0.2, -0.15) is 0 Å². The number of nitrogens with zero attached hydrogens (tertiary/aromatic N) is 1. The summed E-state index contributed by atoms with van der Waals surface area (Å²) in [6.07, 6.45) is 5.27. The topological polar surface area (TPSA) is 24.5 Å². The molecule has 2 fully saturated rings. The lowest BCUT2D eigenvalue weighted by atomic mass is 10.0. The first-order valence-corrected chi connectivity index (χ1v) is 7.54. The summed E-state index contributed by atoms with van der Waals surface area (Å²) in [6, 6.07) is 9.48. The fraction of sp³-hybridized carbons (Fsp3) is 0.625. The normalized spacial score (nSPS) is 27.5. The molecule has 0 radical (unpaired) electrons. The monoisotopic (exact) mass is 260 g/mol. The minimum atomic E-state index is 0.384. The van der Waals surface area contributed by atoms with E-state index in [0.717, 1.165) is 19.4 Å². The minimum Gasteiger partial charge on any atom is -0.382 e. The Morgan fingerprint density at radius 2 is 1.89 bits per heavy atom. The van der Waals surface area contributed by atoms with Gasteiger partial charge in [0.15, 0.2) is 0 Å². The lowest BCUT2D eigenvalue weighted by Gasteiger charge is -2.29. The van der Waals surface area contributed by atoms with Crippen molar-refractivity contribution in [2.24, 2.45) is 0 Å². The molecule has 3 rings (SSSR count). The Hall–Kier alpha value is -1.22. The van der Waals surface area contributed by atoms with E-state index < -0.39 is 0 Å². The molecular weight excluding hydrogens is 236 g/mol. The average molecular weight is 260 g/mol. The number of nitrogens with one attached hydrogen (secondary N) is 1. The number of ether oxygens (including phenoxy) is 1. The molecule has 2 saturated heterocycles. The number of hydrogen-bond donors (Lipinski definition) is 1. The second-order valence-corrected chi connectivity index (χ2v) is 5.79. The molecule has 104 valence electrons. The first kappa shape index (κ1) is 12.8. The van der Waals surface area contributed by atoms with Crippen LogP contribution >= 0.6 is 0 Å².